The highest BCUT2D eigenvalue weighted by Gasteiger charge is 2.12. The van der Waals surface area contributed by atoms with Crippen LogP contribution in [0, 0.1) is 12.3 Å². The van der Waals surface area contributed by atoms with Crippen molar-refractivity contribution in [3.63, 3.8) is 0 Å². The van der Waals surface area contributed by atoms with Crippen molar-refractivity contribution in [2.45, 2.75) is 25.9 Å². The molecule has 0 amide bonds. The van der Waals surface area contributed by atoms with E-state index in [4.69, 9.17) is 6.42 Å². The summed E-state index contributed by atoms with van der Waals surface area (Å²) in [4.78, 5) is 4.48. The maximum Gasteiger partial charge on any atom is 0.137 e. The molecule has 16 heavy (non-hydrogen) atoms. The first-order valence-corrected chi connectivity index (χ1v) is 5.26. The van der Waals surface area contributed by atoms with Crippen LogP contribution in [0.25, 0.3) is 5.65 Å². The normalized spacial score (nSPS) is 11.6. The van der Waals surface area contributed by atoms with E-state index in [0.717, 1.165) is 11.3 Å². The Morgan fingerprint density at radius 1 is 1.50 bits per heavy atom. The minimum atomic E-state index is -0.296. The number of nitrogens with one attached hydrogen (secondary N) is 1. The molecule has 82 valence electrons. The number of fused-ring (bicyclic) bond motifs is 1. The molecule has 0 radical (unpaired) electrons. The predicted octanol–water partition coefficient (Wildman–Crippen LogP) is 1.84. The van der Waals surface area contributed by atoms with Crippen molar-refractivity contribution >= 4 is 5.65 Å². The Kier molecular flexibility index (Phi) is 2.67. The smallest absolute Gasteiger partial charge is 0.137 e. The summed E-state index contributed by atoms with van der Waals surface area (Å²) in [7, 11) is 0. The summed E-state index contributed by atoms with van der Waals surface area (Å²) in [5.74, 6) is 2.70. The van der Waals surface area contributed by atoms with Crippen molar-refractivity contribution in [2.75, 3.05) is 0 Å². The van der Waals surface area contributed by atoms with Gasteiger partial charge in [-0.05, 0) is 26.0 Å². The van der Waals surface area contributed by atoms with Crippen molar-refractivity contribution in [3.05, 3.63) is 36.3 Å². The molecule has 0 saturated carbocycles. The third-order valence-corrected chi connectivity index (χ3v) is 2.49. The molecule has 0 saturated heterocycles. The number of terminal acetylenes is 1. The molecule has 0 fully saturated rings. The Balaban J connectivity index is 2.14. The van der Waals surface area contributed by atoms with Gasteiger partial charge in [-0.2, -0.15) is 0 Å². The Morgan fingerprint density at radius 2 is 2.31 bits per heavy atom. The van der Waals surface area contributed by atoms with Crippen LogP contribution in [0.2, 0.25) is 0 Å². The van der Waals surface area contributed by atoms with E-state index in [0.29, 0.717) is 6.54 Å². The predicted molar refractivity (Wildman–Crippen MR) is 64.9 cm³/mol. The van der Waals surface area contributed by atoms with Crippen LogP contribution in [0.15, 0.2) is 30.6 Å². The first-order valence-electron chi connectivity index (χ1n) is 5.26. The molecule has 2 heterocycles. The van der Waals surface area contributed by atoms with Gasteiger partial charge in [-0.1, -0.05) is 12.0 Å². The summed E-state index contributed by atoms with van der Waals surface area (Å²) >= 11 is 0. The van der Waals surface area contributed by atoms with Gasteiger partial charge >= 0.3 is 0 Å². The zero-order valence-electron chi connectivity index (χ0n) is 9.57. The molecule has 0 aliphatic heterocycles. The monoisotopic (exact) mass is 213 g/mol. The standard InChI is InChI=1S/C13H15N3/c1-4-13(2,3)14-9-11-10-16-8-6-5-7-12(16)15-11/h1,5-8,10,14H,9H2,2-3H3. The average molecular weight is 213 g/mol. The van der Waals surface area contributed by atoms with Crippen molar-refractivity contribution in [1.82, 2.24) is 14.7 Å². The highest BCUT2D eigenvalue weighted by Crippen LogP contribution is 2.06. The molecule has 2 aromatic rings. The first-order chi connectivity index (χ1) is 7.61. The summed E-state index contributed by atoms with van der Waals surface area (Å²) < 4.78 is 2.00. The molecule has 0 spiro atoms. The van der Waals surface area contributed by atoms with Crippen LogP contribution in [-0.2, 0) is 6.54 Å². The lowest BCUT2D eigenvalue weighted by Gasteiger charge is -2.18. The Hall–Kier alpha value is -1.79. The largest absolute Gasteiger partial charge is 0.307 e. The van der Waals surface area contributed by atoms with E-state index in [1.807, 2.05) is 48.8 Å². The molecule has 0 atom stereocenters. The van der Waals surface area contributed by atoms with Gasteiger partial charge in [-0.25, -0.2) is 4.98 Å². The molecule has 0 aromatic carbocycles. The van der Waals surface area contributed by atoms with E-state index in [-0.39, 0.29) is 5.54 Å². The topological polar surface area (TPSA) is 29.3 Å². The number of pyridine rings is 1. The van der Waals surface area contributed by atoms with Gasteiger partial charge in [-0.3, -0.25) is 5.32 Å². The molecule has 0 aliphatic carbocycles. The van der Waals surface area contributed by atoms with Crippen LogP contribution in [-0.4, -0.2) is 14.9 Å². The van der Waals surface area contributed by atoms with E-state index >= 15 is 0 Å². The van der Waals surface area contributed by atoms with Crippen molar-refractivity contribution in [2.24, 2.45) is 0 Å². The lowest BCUT2D eigenvalue weighted by atomic mass is 10.1. The first kappa shape index (κ1) is 10.7. The van der Waals surface area contributed by atoms with Gasteiger partial charge in [0, 0.05) is 18.9 Å². The number of nitrogens with zero attached hydrogens (tertiary/aromatic N) is 2. The Morgan fingerprint density at radius 3 is 3.00 bits per heavy atom. The Bertz CT molecular complexity index is 498. The second kappa shape index (κ2) is 3.99. The van der Waals surface area contributed by atoms with Gasteiger partial charge in [0.2, 0.25) is 0 Å². The van der Waals surface area contributed by atoms with Gasteiger partial charge < -0.3 is 4.40 Å². The van der Waals surface area contributed by atoms with E-state index < -0.39 is 0 Å². The van der Waals surface area contributed by atoms with Gasteiger partial charge in [-0.15, -0.1) is 6.42 Å². The van der Waals surface area contributed by atoms with Crippen LogP contribution < -0.4 is 5.32 Å². The maximum atomic E-state index is 5.41. The number of aromatic nitrogens is 2. The molecular formula is C13H15N3. The van der Waals surface area contributed by atoms with Crippen LogP contribution in [0.1, 0.15) is 19.5 Å². The van der Waals surface area contributed by atoms with E-state index in [2.05, 4.69) is 16.2 Å². The Labute approximate surface area is 95.5 Å². The summed E-state index contributed by atoms with van der Waals surface area (Å²) in [5.41, 5.74) is 1.66. The van der Waals surface area contributed by atoms with E-state index in [1.165, 1.54) is 0 Å². The maximum absolute atomic E-state index is 5.41. The van der Waals surface area contributed by atoms with Crippen molar-refractivity contribution in [1.29, 1.82) is 0 Å². The highest BCUT2D eigenvalue weighted by molar-refractivity contribution is 5.39. The molecule has 0 bridgehead atoms. The van der Waals surface area contributed by atoms with Crippen molar-refractivity contribution in [3.8, 4) is 12.3 Å². The van der Waals surface area contributed by atoms with Crippen LogP contribution in [0.5, 0.6) is 0 Å². The molecule has 2 aromatic heterocycles. The zero-order valence-corrected chi connectivity index (χ0v) is 9.57. The van der Waals surface area contributed by atoms with Crippen LogP contribution >= 0.6 is 0 Å². The fourth-order valence-corrected chi connectivity index (χ4v) is 1.43. The number of rotatable bonds is 3. The van der Waals surface area contributed by atoms with Crippen LogP contribution in [0.4, 0.5) is 0 Å². The van der Waals surface area contributed by atoms with E-state index in [1.54, 1.807) is 0 Å². The minimum Gasteiger partial charge on any atom is -0.307 e. The molecule has 0 unspecified atom stereocenters. The summed E-state index contributed by atoms with van der Waals surface area (Å²) in [6.07, 6.45) is 9.40. The molecule has 3 nitrogen and oxygen atoms in total. The van der Waals surface area contributed by atoms with E-state index in [9.17, 15) is 0 Å². The third kappa shape index (κ3) is 2.23. The lowest BCUT2D eigenvalue weighted by Crippen LogP contribution is -2.36. The summed E-state index contributed by atoms with van der Waals surface area (Å²) in [6, 6.07) is 5.94. The SMILES string of the molecule is C#CC(C)(C)NCc1cn2ccccc2n1. The molecule has 3 heteroatoms. The second-order valence-electron chi connectivity index (χ2n) is 4.32. The average Bonchev–Trinajstić information content (AvgIpc) is 2.69. The lowest BCUT2D eigenvalue weighted by molar-refractivity contribution is 0.487. The van der Waals surface area contributed by atoms with Gasteiger partial charge in [0.25, 0.3) is 0 Å². The molecular weight excluding hydrogens is 198 g/mol. The zero-order chi connectivity index (χ0) is 11.6. The summed E-state index contributed by atoms with van der Waals surface area (Å²) in [6.45, 7) is 4.63. The molecule has 2 rings (SSSR count). The molecule has 1 N–H and O–H groups in total. The summed E-state index contributed by atoms with van der Waals surface area (Å²) in [5, 5.41) is 3.27. The number of imidazole rings is 1. The highest BCUT2D eigenvalue weighted by atomic mass is 15.0. The number of hydrogen-bond donors (Lipinski definition) is 1. The van der Waals surface area contributed by atoms with Gasteiger partial charge in [0.15, 0.2) is 0 Å². The minimum absolute atomic E-state index is 0.296. The second-order valence-corrected chi connectivity index (χ2v) is 4.32. The molecule has 0 aliphatic rings. The fraction of sp³-hybridized carbons (Fsp3) is 0.308. The van der Waals surface area contributed by atoms with Gasteiger partial charge in [0.1, 0.15) is 5.65 Å². The number of hydrogen-bond acceptors (Lipinski definition) is 2. The van der Waals surface area contributed by atoms with Gasteiger partial charge in [0.05, 0.1) is 11.2 Å². The van der Waals surface area contributed by atoms with Crippen LogP contribution in [0.3, 0.4) is 0 Å². The fourth-order valence-electron chi connectivity index (χ4n) is 1.43. The quantitative estimate of drug-likeness (QED) is 0.788. The third-order valence-electron chi connectivity index (χ3n) is 2.49. The van der Waals surface area contributed by atoms with Crippen molar-refractivity contribution < 1.29 is 0 Å².